The molecule has 0 saturated carbocycles. The number of nitrogens with zero attached hydrogens (tertiary/aromatic N) is 3. The number of hydrogen-bond donors (Lipinski definition) is 1. The highest BCUT2D eigenvalue weighted by molar-refractivity contribution is 5.78. The molecule has 24 heavy (non-hydrogen) atoms. The first-order chi connectivity index (χ1) is 11.6. The summed E-state index contributed by atoms with van der Waals surface area (Å²) in [5.74, 6) is 1.64. The molecule has 1 aliphatic heterocycles. The molecule has 7 heteroatoms. The third-order valence-electron chi connectivity index (χ3n) is 4.24. The molecule has 1 unspecified atom stereocenters. The van der Waals surface area contributed by atoms with Gasteiger partial charge in [0.25, 0.3) is 0 Å². The number of nitrogens with one attached hydrogen (secondary N) is 1. The normalized spacial score (nSPS) is 17.8. The summed E-state index contributed by atoms with van der Waals surface area (Å²) >= 11 is 0. The van der Waals surface area contributed by atoms with Gasteiger partial charge in [-0.2, -0.15) is 0 Å². The number of rotatable bonds is 6. The molecule has 2 aromatic heterocycles. The molecule has 0 aliphatic carbocycles. The number of hydrogen-bond acceptors (Lipinski definition) is 6. The second kappa shape index (κ2) is 7.63. The SMILES string of the molecule is Cc1cc(CN2CCN(CC(=O)NC(C)c3ccco3)CC2)no1. The molecule has 7 nitrogen and oxygen atoms in total. The molecular weight excluding hydrogens is 308 g/mol. The molecule has 1 aliphatic rings. The maximum absolute atomic E-state index is 12.2. The highest BCUT2D eigenvalue weighted by Crippen LogP contribution is 2.12. The van der Waals surface area contributed by atoms with E-state index in [2.05, 4.69) is 20.3 Å². The van der Waals surface area contributed by atoms with Crippen LogP contribution in [-0.4, -0.2) is 53.6 Å². The summed E-state index contributed by atoms with van der Waals surface area (Å²) in [6.45, 7) is 8.64. The van der Waals surface area contributed by atoms with Crippen molar-refractivity contribution >= 4 is 5.91 Å². The first-order valence-corrected chi connectivity index (χ1v) is 8.30. The topological polar surface area (TPSA) is 74.8 Å². The zero-order valence-corrected chi connectivity index (χ0v) is 14.2. The molecule has 1 amide bonds. The van der Waals surface area contributed by atoms with Crippen molar-refractivity contribution in [2.24, 2.45) is 0 Å². The fourth-order valence-electron chi connectivity index (χ4n) is 2.93. The molecule has 0 spiro atoms. The zero-order valence-electron chi connectivity index (χ0n) is 14.2. The van der Waals surface area contributed by atoms with Crippen LogP contribution in [-0.2, 0) is 11.3 Å². The minimum absolute atomic E-state index is 0.0273. The van der Waals surface area contributed by atoms with Crippen molar-refractivity contribution in [2.45, 2.75) is 26.4 Å². The Morgan fingerprint density at radius 1 is 1.33 bits per heavy atom. The van der Waals surface area contributed by atoms with Crippen LogP contribution < -0.4 is 5.32 Å². The molecule has 0 bridgehead atoms. The largest absolute Gasteiger partial charge is 0.467 e. The van der Waals surface area contributed by atoms with Gasteiger partial charge in [0.15, 0.2) is 0 Å². The highest BCUT2D eigenvalue weighted by atomic mass is 16.5. The van der Waals surface area contributed by atoms with E-state index in [-0.39, 0.29) is 11.9 Å². The molecular formula is C17H24N4O3. The van der Waals surface area contributed by atoms with E-state index in [1.807, 2.05) is 32.0 Å². The van der Waals surface area contributed by atoms with Crippen LogP contribution in [0.2, 0.25) is 0 Å². The predicted molar refractivity (Wildman–Crippen MR) is 88.2 cm³/mol. The lowest BCUT2D eigenvalue weighted by molar-refractivity contribution is -0.123. The Morgan fingerprint density at radius 3 is 2.71 bits per heavy atom. The molecule has 130 valence electrons. The second-order valence-electron chi connectivity index (χ2n) is 6.29. The smallest absolute Gasteiger partial charge is 0.234 e. The van der Waals surface area contributed by atoms with Gasteiger partial charge in [0.1, 0.15) is 11.5 Å². The average Bonchev–Trinajstić information content (AvgIpc) is 3.21. The van der Waals surface area contributed by atoms with E-state index < -0.39 is 0 Å². The van der Waals surface area contributed by atoms with Crippen molar-refractivity contribution < 1.29 is 13.7 Å². The van der Waals surface area contributed by atoms with E-state index in [0.29, 0.717) is 6.54 Å². The summed E-state index contributed by atoms with van der Waals surface area (Å²) in [5.41, 5.74) is 0.964. The van der Waals surface area contributed by atoms with Crippen LogP contribution in [0.5, 0.6) is 0 Å². The van der Waals surface area contributed by atoms with Gasteiger partial charge in [-0.1, -0.05) is 5.16 Å². The summed E-state index contributed by atoms with van der Waals surface area (Å²) in [5, 5.41) is 7.00. The standard InChI is InChI=1S/C17H24N4O3/c1-13-10-15(19-24-13)11-20-5-7-21(8-6-20)12-17(22)18-14(2)16-4-3-9-23-16/h3-4,9-10,14H,5-8,11-12H2,1-2H3,(H,18,22). The van der Waals surface area contributed by atoms with E-state index in [1.165, 1.54) is 0 Å². The van der Waals surface area contributed by atoms with Crippen LogP contribution in [0.4, 0.5) is 0 Å². The molecule has 3 rings (SSSR count). The van der Waals surface area contributed by atoms with Gasteiger partial charge < -0.3 is 14.3 Å². The lowest BCUT2D eigenvalue weighted by Crippen LogP contribution is -2.49. The fraction of sp³-hybridized carbons (Fsp3) is 0.529. The predicted octanol–water partition coefficient (Wildman–Crippen LogP) is 1.57. The molecule has 2 aromatic rings. The van der Waals surface area contributed by atoms with Crippen LogP contribution in [0.25, 0.3) is 0 Å². The van der Waals surface area contributed by atoms with Crippen LogP contribution in [0, 0.1) is 6.92 Å². The second-order valence-corrected chi connectivity index (χ2v) is 6.29. The van der Waals surface area contributed by atoms with E-state index >= 15 is 0 Å². The monoisotopic (exact) mass is 332 g/mol. The van der Waals surface area contributed by atoms with Gasteiger partial charge >= 0.3 is 0 Å². The lowest BCUT2D eigenvalue weighted by Gasteiger charge is -2.33. The van der Waals surface area contributed by atoms with Gasteiger partial charge in [-0.3, -0.25) is 14.6 Å². The Bertz CT molecular complexity index is 645. The number of carbonyl (C=O) groups excluding carboxylic acids is 1. The molecule has 0 aromatic carbocycles. The minimum Gasteiger partial charge on any atom is -0.467 e. The maximum Gasteiger partial charge on any atom is 0.234 e. The molecule has 0 radical (unpaired) electrons. The van der Waals surface area contributed by atoms with E-state index in [9.17, 15) is 4.79 Å². The van der Waals surface area contributed by atoms with E-state index in [1.54, 1.807) is 6.26 Å². The number of carbonyl (C=O) groups is 1. The first kappa shape index (κ1) is 16.7. The molecule has 1 N–H and O–H groups in total. The lowest BCUT2D eigenvalue weighted by atomic mass is 10.2. The van der Waals surface area contributed by atoms with E-state index in [0.717, 1.165) is 49.9 Å². The summed E-state index contributed by atoms with van der Waals surface area (Å²) in [4.78, 5) is 16.7. The summed E-state index contributed by atoms with van der Waals surface area (Å²) in [6, 6.07) is 5.56. The molecule has 3 heterocycles. The van der Waals surface area contributed by atoms with Gasteiger partial charge in [-0.15, -0.1) is 0 Å². The van der Waals surface area contributed by atoms with Crippen LogP contribution in [0.1, 0.15) is 30.2 Å². The van der Waals surface area contributed by atoms with Crippen molar-refractivity contribution in [2.75, 3.05) is 32.7 Å². The van der Waals surface area contributed by atoms with Crippen molar-refractivity contribution in [1.82, 2.24) is 20.3 Å². The Kier molecular flexibility index (Phi) is 5.32. The first-order valence-electron chi connectivity index (χ1n) is 8.30. The van der Waals surface area contributed by atoms with E-state index in [4.69, 9.17) is 8.94 Å². The number of furan rings is 1. The van der Waals surface area contributed by atoms with Crippen molar-refractivity contribution in [1.29, 1.82) is 0 Å². The van der Waals surface area contributed by atoms with Crippen LogP contribution in [0.3, 0.4) is 0 Å². The third kappa shape index (κ3) is 4.46. The summed E-state index contributed by atoms with van der Waals surface area (Å²) in [6.07, 6.45) is 1.62. The number of aromatic nitrogens is 1. The number of aryl methyl sites for hydroxylation is 1. The molecule has 1 atom stereocenters. The van der Waals surface area contributed by atoms with Gasteiger partial charge in [0.2, 0.25) is 5.91 Å². The van der Waals surface area contributed by atoms with Gasteiger partial charge in [0, 0.05) is 38.8 Å². The Hall–Kier alpha value is -2.12. The van der Waals surface area contributed by atoms with Crippen molar-refractivity contribution in [3.05, 3.63) is 41.7 Å². The Labute approximate surface area is 141 Å². The van der Waals surface area contributed by atoms with Crippen molar-refractivity contribution in [3.63, 3.8) is 0 Å². The Morgan fingerprint density at radius 2 is 2.08 bits per heavy atom. The quantitative estimate of drug-likeness (QED) is 0.865. The highest BCUT2D eigenvalue weighted by Gasteiger charge is 2.21. The number of amides is 1. The third-order valence-corrected chi connectivity index (χ3v) is 4.24. The van der Waals surface area contributed by atoms with Gasteiger partial charge in [-0.25, -0.2) is 0 Å². The van der Waals surface area contributed by atoms with Gasteiger partial charge in [-0.05, 0) is 26.0 Å². The van der Waals surface area contributed by atoms with Crippen LogP contribution in [0.15, 0.2) is 33.4 Å². The zero-order chi connectivity index (χ0) is 16.9. The van der Waals surface area contributed by atoms with Gasteiger partial charge in [0.05, 0.1) is 24.5 Å². The summed E-state index contributed by atoms with van der Waals surface area (Å²) in [7, 11) is 0. The molecule has 1 fully saturated rings. The fourth-order valence-corrected chi connectivity index (χ4v) is 2.93. The minimum atomic E-state index is -0.107. The maximum atomic E-state index is 12.2. The number of piperazine rings is 1. The average molecular weight is 332 g/mol. The summed E-state index contributed by atoms with van der Waals surface area (Å²) < 4.78 is 10.4. The Balaban J connectivity index is 1.39. The van der Waals surface area contributed by atoms with Crippen molar-refractivity contribution in [3.8, 4) is 0 Å². The molecule has 1 saturated heterocycles. The van der Waals surface area contributed by atoms with Crippen LogP contribution >= 0.6 is 0 Å².